The number of hydrogen-bond donors (Lipinski definition) is 2. The molecule has 0 spiro atoms. The van der Waals surface area contributed by atoms with Crippen LogP contribution in [0.1, 0.15) is 18.4 Å². The smallest absolute Gasteiger partial charge is 0.239 e. The maximum Gasteiger partial charge on any atom is 0.239 e. The largest absolute Gasteiger partial charge is 0.494 e. The molecule has 0 aromatic heterocycles. The van der Waals surface area contributed by atoms with Crippen molar-refractivity contribution in [3.05, 3.63) is 60.2 Å². The van der Waals surface area contributed by atoms with Gasteiger partial charge in [-0.2, -0.15) is 0 Å². The van der Waals surface area contributed by atoms with Gasteiger partial charge in [-0.1, -0.05) is 30.3 Å². The van der Waals surface area contributed by atoms with Gasteiger partial charge in [-0.25, -0.2) is 0 Å². The Labute approximate surface area is 159 Å². The van der Waals surface area contributed by atoms with Gasteiger partial charge in [-0.15, -0.1) is 0 Å². The number of hydrogen-bond acceptors (Lipinski definition) is 4. The van der Waals surface area contributed by atoms with Gasteiger partial charge in [-0.3, -0.25) is 9.59 Å². The lowest BCUT2D eigenvalue weighted by Gasteiger charge is -2.28. The average molecular weight is 367 g/mol. The lowest BCUT2D eigenvalue weighted by atomic mass is 10.1. The molecule has 1 heterocycles. The number of piperazine rings is 1. The van der Waals surface area contributed by atoms with Crippen molar-refractivity contribution in [2.24, 2.45) is 0 Å². The predicted molar refractivity (Wildman–Crippen MR) is 105 cm³/mol. The van der Waals surface area contributed by atoms with Gasteiger partial charge in [0, 0.05) is 31.7 Å². The predicted octanol–water partition coefficient (Wildman–Crippen LogP) is 2.10. The van der Waals surface area contributed by atoms with E-state index in [1.54, 1.807) is 0 Å². The highest BCUT2D eigenvalue weighted by molar-refractivity contribution is 5.82. The topological polar surface area (TPSA) is 70.7 Å². The second-order valence-electron chi connectivity index (χ2n) is 6.48. The third-order valence-corrected chi connectivity index (χ3v) is 4.39. The fraction of sp³-hybridized carbons (Fsp3) is 0.333. The van der Waals surface area contributed by atoms with E-state index in [4.69, 9.17) is 4.74 Å². The van der Waals surface area contributed by atoms with Gasteiger partial charge < -0.3 is 20.3 Å². The number of rotatable bonds is 8. The molecule has 0 saturated carbocycles. The van der Waals surface area contributed by atoms with Crippen LogP contribution in [0, 0.1) is 0 Å². The molecule has 1 aliphatic rings. The van der Waals surface area contributed by atoms with E-state index in [0.717, 1.165) is 23.5 Å². The summed E-state index contributed by atoms with van der Waals surface area (Å²) in [7, 11) is 0. The van der Waals surface area contributed by atoms with Crippen molar-refractivity contribution in [2.45, 2.75) is 19.4 Å². The Morgan fingerprint density at radius 1 is 1.11 bits per heavy atom. The fourth-order valence-corrected chi connectivity index (χ4v) is 2.91. The van der Waals surface area contributed by atoms with E-state index >= 15 is 0 Å². The van der Waals surface area contributed by atoms with Gasteiger partial charge >= 0.3 is 0 Å². The molecule has 0 radical (unpaired) electrons. The molecule has 6 nitrogen and oxygen atoms in total. The summed E-state index contributed by atoms with van der Waals surface area (Å²) in [5.41, 5.74) is 2.06. The van der Waals surface area contributed by atoms with E-state index in [1.165, 1.54) is 0 Å². The summed E-state index contributed by atoms with van der Waals surface area (Å²) < 4.78 is 5.58. The zero-order chi connectivity index (χ0) is 18.9. The maximum absolute atomic E-state index is 12.0. The average Bonchev–Trinajstić information content (AvgIpc) is 2.71. The second-order valence-corrected chi connectivity index (χ2v) is 6.48. The molecule has 3 rings (SSSR count). The van der Waals surface area contributed by atoms with Crippen molar-refractivity contribution in [3.63, 3.8) is 0 Å². The minimum Gasteiger partial charge on any atom is -0.494 e. The van der Waals surface area contributed by atoms with Gasteiger partial charge in [0.25, 0.3) is 0 Å². The molecule has 0 atom stereocenters. The summed E-state index contributed by atoms with van der Waals surface area (Å²) >= 11 is 0. The van der Waals surface area contributed by atoms with Crippen molar-refractivity contribution < 1.29 is 14.3 Å². The van der Waals surface area contributed by atoms with E-state index in [0.29, 0.717) is 39.1 Å². The number of ether oxygens (including phenoxy) is 1. The zero-order valence-electron chi connectivity index (χ0n) is 15.3. The summed E-state index contributed by atoms with van der Waals surface area (Å²) in [4.78, 5) is 25.5. The molecule has 2 aromatic carbocycles. The molecule has 2 aromatic rings. The van der Waals surface area contributed by atoms with Gasteiger partial charge in [-0.05, 0) is 36.2 Å². The van der Waals surface area contributed by atoms with Crippen LogP contribution in [0.4, 0.5) is 5.69 Å². The monoisotopic (exact) mass is 367 g/mol. The molecule has 1 aliphatic heterocycles. The molecule has 142 valence electrons. The van der Waals surface area contributed by atoms with Crippen LogP contribution in [-0.2, 0) is 16.1 Å². The van der Waals surface area contributed by atoms with Crippen LogP contribution in [-0.4, -0.2) is 38.1 Å². The lowest BCUT2D eigenvalue weighted by Crippen LogP contribution is -2.47. The first-order valence-electron chi connectivity index (χ1n) is 9.26. The first-order valence-corrected chi connectivity index (χ1v) is 9.26. The van der Waals surface area contributed by atoms with E-state index in [2.05, 4.69) is 10.6 Å². The molecule has 0 aliphatic carbocycles. The summed E-state index contributed by atoms with van der Waals surface area (Å²) in [5.74, 6) is 0.890. The Kier molecular flexibility index (Phi) is 6.68. The van der Waals surface area contributed by atoms with Gasteiger partial charge in [0.15, 0.2) is 0 Å². The van der Waals surface area contributed by atoms with Crippen LogP contribution in [0.2, 0.25) is 0 Å². The Morgan fingerprint density at radius 3 is 2.63 bits per heavy atom. The van der Waals surface area contributed by atoms with Gasteiger partial charge in [0.1, 0.15) is 5.75 Å². The van der Waals surface area contributed by atoms with Gasteiger partial charge in [0.05, 0.1) is 13.2 Å². The Balaban J connectivity index is 1.35. The maximum atomic E-state index is 12.0. The molecular weight excluding hydrogens is 342 g/mol. The van der Waals surface area contributed by atoms with E-state index in [1.807, 2.05) is 59.5 Å². The number of amides is 2. The zero-order valence-corrected chi connectivity index (χ0v) is 15.3. The number of benzene rings is 2. The first-order chi connectivity index (χ1) is 13.2. The van der Waals surface area contributed by atoms with Crippen molar-refractivity contribution in [3.8, 4) is 5.75 Å². The highest BCUT2D eigenvalue weighted by atomic mass is 16.5. The molecule has 2 N–H and O–H groups in total. The van der Waals surface area contributed by atoms with Crippen LogP contribution < -0.4 is 20.3 Å². The van der Waals surface area contributed by atoms with E-state index in [9.17, 15) is 9.59 Å². The SMILES string of the molecule is O=C(CCCOc1ccccc1)NCc1ccc(N2CCNC(=O)C2)cc1. The molecule has 0 unspecified atom stereocenters. The number of para-hydroxylation sites is 1. The van der Waals surface area contributed by atoms with Crippen molar-refractivity contribution in [1.82, 2.24) is 10.6 Å². The Bertz CT molecular complexity index is 747. The number of anilines is 1. The molecule has 1 saturated heterocycles. The van der Waals surface area contributed by atoms with E-state index < -0.39 is 0 Å². The van der Waals surface area contributed by atoms with Crippen LogP contribution in [0.25, 0.3) is 0 Å². The van der Waals surface area contributed by atoms with Crippen molar-refractivity contribution >= 4 is 17.5 Å². The summed E-state index contributed by atoms with van der Waals surface area (Å²) in [6, 6.07) is 17.6. The first kappa shape index (κ1) is 18.8. The molecule has 27 heavy (non-hydrogen) atoms. The normalized spacial score (nSPS) is 13.8. The van der Waals surface area contributed by atoms with Crippen molar-refractivity contribution in [2.75, 3.05) is 31.1 Å². The molecular formula is C21H25N3O3. The number of carbonyl (C=O) groups is 2. The van der Waals surface area contributed by atoms with Crippen LogP contribution in [0.5, 0.6) is 5.75 Å². The summed E-state index contributed by atoms with van der Waals surface area (Å²) in [6.45, 7) is 2.90. The summed E-state index contributed by atoms with van der Waals surface area (Å²) in [5, 5.41) is 5.75. The minimum atomic E-state index is 0.0171. The highest BCUT2D eigenvalue weighted by Gasteiger charge is 2.16. The fourth-order valence-electron chi connectivity index (χ4n) is 2.91. The number of nitrogens with zero attached hydrogens (tertiary/aromatic N) is 1. The third kappa shape index (κ3) is 6.02. The number of nitrogens with one attached hydrogen (secondary N) is 2. The van der Waals surface area contributed by atoms with Gasteiger partial charge in [0.2, 0.25) is 11.8 Å². The highest BCUT2D eigenvalue weighted by Crippen LogP contribution is 2.16. The Hall–Kier alpha value is -3.02. The van der Waals surface area contributed by atoms with Crippen molar-refractivity contribution in [1.29, 1.82) is 0 Å². The Morgan fingerprint density at radius 2 is 1.89 bits per heavy atom. The standard InChI is InChI=1S/C21H25N3O3/c25-20(7-4-14-27-19-5-2-1-3-6-19)23-15-17-8-10-18(11-9-17)24-13-12-22-21(26)16-24/h1-3,5-6,8-11H,4,7,12-16H2,(H,22,26)(H,23,25). The molecule has 1 fully saturated rings. The molecule has 2 amide bonds. The summed E-state index contributed by atoms with van der Waals surface area (Å²) in [6.07, 6.45) is 1.12. The molecule has 6 heteroatoms. The quantitative estimate of drug-likeness (QED) is 0.701. The van der Waals surface area contributed by atoms with Crippen LogP contribution >= 0.6 is 0 Å². The number of carbonyl (C=O) groups excluding carboxylic acids is 2. The van der Waals surface area contributed by atoms with E-state index in [-0.39, 0.29) is 11.8 Å². The molecule has 0 bridgehead atoms. The third-order valence-electron chi connectivity index (χ3n) is 4.39. The lowest BCUT2D eigenvalue weighted by molar-refractivity contribution is -0.121. The van der Waals surface area contributed by atoms with Crippen LogP contribution in [0.15, 0.2) is 54.6 Å². The second kappa shape index (κ2) is 9.62. The van der Waals surface area contributed by atoms with Crippen LogP contribution in [0.3, 0.4) is 0 Å². The minimum absolute atomic E-state index is 0.0171.